The van der Waals surface area contributed by atoms with Gasteiger partial charge >= 0.3 is 5.69 Å². The van der Waals surface area contributed by atoms with Gasteiger partial charge in [-0.25, -0.2) is 36.3 Å². The quantitative estimate of drug-likeness (QED) is 0.148. The maximum absolute atomic E-state index is 15.7. The lowest BCUT2D eigenvalue weighted by molar-refractivity contribution is 0.412. The molecule has 3 aromatic heterocycles. The number of anilines is 2. The third kappa shape index (κ3) is 4.35. The Balaban J connectivity index is 1.93. The maximum atomic E-state index is 15.7. The number of aryl methyl sites for hydroxylation is 1. The maximum Gasteiger partial charge on any atom is 0.355 e. The summed E-state index contributed by atoms with van der Waals surface area (Å²) in [5, 5.41) is 0.120. The summed E-state index contributed by atoms with van der Waals surface area (Å²) in [6, 6.07) is 2.65. The SMILES string of the molecule is Cc1ccnc(C(C)C)c1-n1c(=O)nc(N2CCC[C@H](C)C2)c2cc(F)c(-c3c(N)c(F)c(F)c(F)c3F)nc21. The molecule has 7 nitrogen and oxygen atoms in total. The fraction of sp³-hybridized carbons (Fsp3) is 0.357. The smallest absolute Gasteiger partial charge is 0.355 e. The van der Waals surface area contributed by atoms with E-state index in [0.29, 0.717) is 30.0 Å². The number of hydrogen-bond acceptors (Lipinski definition) is 6. The molecule has 0 amide bonds. The molecule has 1 aromatic carbocycles. The van der Waals surface area contributed by atoms with Gasteiger partial charge in [-0.05, 0) is 49.3 Å². The summed E-state index contributed by atoms with van der Waals surface area (Å²) in [6.45, 7) is 8.63. The first kappa shape index (κ1) is 27.5. The van der Waals surface area contributed by atoms with E-state index in [2.05, 4.69) is 15.0 Å². The van der Waals surface area contributed by atoms with Gasteiger partial charge in [-0.2, -0.15) is 4.98 Å². The van der Waals surface area contributed by atoms with Gasteiger partial charge < -0.3 is 10.6 Å². The lowest BCUT2D eigenvalue weighted by Gasteiger charge is -2.32. The van der Waals surface area contributed by atoms with Crippen LogP contribution in [0.15, 0.2) is 23.1 Å². The lowest BCUT2D eigenvalue weighted by atomic mass is 10.00. The van der Waals surface area contributed by atoms with Gasteiger partial charge in [0, 0.05) is 19.3 Å². The lowest BCUT2D eigenvalue weighted by Crippen LogP contribution is -2.37. The van der Waals surface area contributed by atoms with Crippen LogP contribution in [0.2, 0.25) is 0 Å². The van der Waals surface area contributed by atoms with Crippen molar-refractivity contribution in [1.82, 2.24) is 19.5 Å². The molecule has 0 unspecified atom stereocenters. The van der Waals surface area contributed by atoms with Crippen molar-refractivity contribution in [1.29, 1.82) is 0 Å². The van der Waals surface area contributed by atoms with Gasteiger partial charge in [0.1, 0.15) is 11.5 Å². The highest BCUT2D eigenvalue weighted by molar-refractivity contribution is 5.91. The zero-order valence-electron chi connectivity index (χ0n) is 22.3. The van der Waals surface area contributed by atoms with E-state index in [1.807, 2.05) is 25.7 Å². The number of rotatable bonds is 4. The van der Waals surface area contributed by atoms with E-state index in [0.717, 1.165) is 23.5 Å². The molecule has 1 aliphatic rings. The zero-order valence-corrected chi connectivity index (χ0v) is 22.3. The van der Waals surface area contributed by atoms with Gasteiger partial charge in [-0.15, -0.1) is 0 Å². The molecule has 0 spiro atoms. The van der Waals surface area contributed by atoms with Gasteiger partial charge in [-0.1, -0.05) is 20.8 Å². The number of nitrogens with two attached hydrogens (primary N) is 1. The highest BCUT2D eigenvalue weighted by Gasteiger charge is 2.30. The minimum absolute atomic E-state index is 0.120. The topological polar surface area (TPSA) is 89.9 Å². The molecule has 0 aliphatic carbocycles. The van der Waals surface area contributed by atoms with Gasteiger partial charge in [0.2, 0.25) is 0 Å². The van der Waals surface area contributed by atoms with Crippen LogP contribution in [0.3, 0.4) is 0 Å². The van der Waals surface area contributed by atoms with E-state index >= 15 is 4.39 Å². The molecule has 210 valence electrons. The minimum atomic E-state index is -2.16. The molecule has 4 aromatic rings. The second-order valence-corrected chi connectivity index (χ2v) is 10.5. The Morgan fingerprint density at radius 3 is 2.42 bits per heavy atom. The summed E-state index contributed by atoms with van der Waals surface area (Å²) < 4.78 is 74.2. The van der Waals surface area contributed by atoms with Crippen molar-refractivity contribution in [2.45, 2.75) is 46.5 Å². The Morgan fingerprint density at radius 1 is 1.05 bits per heavy atom. The summed E-state index contributed by atoms with van der Waals surface area (Å²) in [5.41, 5.74) is 3.05. The average molecular weight is 559 g/mol. The number of piperidine rings is 1. The number of pyridine rings is 2. The van der Waals surface area contributed by atoms with Gasteiger partial charge in [-0.3, -0.25) is 4.98 Å². The molecule has 0 bridgehead atoms. The van der Waals surface area contributed by atoms with Crippen LogP contribution in [0.5, 0.6) is 0 Å². The van der Waals surface area contributed by atoms with Crippen molar-refractivity contribution in [2.24, 2.45) is 5.92 Å². The number of aromatic nitrogens is 4. The second kappa shape index (κ2) is 10.1. The Hall–Kier alpha value is -4.09. The minimum Gasteiger partial charge on any atom is -0.396 e. The molecule has 12 heteroatoms. The number of benzene rings is 1. The predicted octanol–water partition coefficient (Wildman–Crippen LogP) is 5.79. The van der Waals surface area contributed by atoms with E-state index in [-0.39, 0.29) is 28.7 Å². The van der Waals surface area contributed by atoms with E-state index in [4.69, 9.17) is 5.73 Å². The number of halogens is 5. The molecule has 1 aliphatic heterocycles. The summed E-state index contributed by atoms with van der Waals surface area (Å²) in [4.78, 5) is 28.6. The molecule has 1 atom stereocenters. The van der Waals surface area contributed by atoms with Gasteiger partial charge in [0.05, 0.1) is 28.0 Å². The molecule has 1 saturated heterocycles. The van der Waals surface area contributed by atoms with Crippen molar-refractivity contribution in [2.75, 3.05) is 23.7 Å². The van der Waals surface area contributed by atoms with Crippen LogP contribution >= 0.6 is 0 Å². The Labute approximate surface area is 226 Å². The summed E-state index contributed by atoms with van der Waals surface area (Å²) >= 11 is 0. The number of nitrogen functional groups attached to an aromatic ring is 1. The Kier molecular flexibility index (Phi) is 6.97. The molecule has 5 rings (SSSR count). The fourth-order valence-corrected chi connectivity index (χ4v) is 5.27. The van der Waals surface area contributed by atoms with Crippen molar-refractivity contribution in [3.05, 3.63) is 69.2 Å². The van der Waals surface area contributed by atoms with Crippen LogP contribution < -0.4 is 16.3 Å². The van der Waals surface area contributed by atoms with Crippen molar-refractivity contribution in [3.63, 3.8) is 0 Å². The van der Waals surface area contributed by atoms with Gasteiger partial charge in [0.25, 0.3) is 0 Å². The van der Waals surface area contributed by atoms with Crippen LogP contribution in [0.1, 0.15) is 50.8 Å². The predicted molar refractivity (Wildman–Crippen MR) is 142 cm³/mol. The standard InChI is InChI=1S/C28H27F5N6O/c1-12(2)23-25(14(4)7-8-35-23)39-27-15(26(37-28(39)40)38-9-5-6-13(3)11-38)10-16(29)24(36-27)17-18(30)19(31)20(32)21(33)22(17)34/h7-8,10,12-13H,5-6,9,11,34H2,1-4H3/t13-/m0/s1. The van der Waals surface area contributed by atoms with E-state index in [1.165, 1.54) is 0 Å². The van der Waals surface area contributed by atoms with Crippen LogP contribution in [-0.2, 0) is 0 Å². The summed E-state index contributed by atoms with van der Waals surface area (Å²) in [6.07, 6.45) is 3.36. The molecule has 4 heterocycles. The Bertz CT molecular complexity index is 1690. The van der Waals surface area contributed by atoms with Crippen LogP contribution in [0.25, 0.3) is 28.0 Å². The molecular formula is C28H27F5N6O. The van der Waals surface area contributed by atoms with E-state index < -0.39 is 51.7 Å². The van der Waals surface area contributed by atoms with Crippen LogP contribution in [0, 0.1) is 41.9 Å². The van der Waals surface area contributed by atoms with Crippen molar-refractivity contribution < 1.29 is 22.0 Å². The van der Waals surface area contributed by atoms with E-state index in [9.17, 15) is 22.4 Å². The molecule has 2 N–H and O–H groups in total. The average Bonchev–Trinajstić information content (AvgIpc) is 2.91. The second-order valence-electron chi connectivity index (χ2n) is 10.5. The van der Waals surface area contributed by atoms with Crippen LogP contribution in [0.4, 0.5) is 33.5 Å². The van der Waals surface area contributed by atoms with Crippen molar-refractivity contribution >= 4 is 22.5 Å². The molecule has 0 saturated carbocycles. The largest absolute Gasteiger partial charge is 0.396 e. The number of fused-ring (bicyclic) bond motifs is 1. The van der Waals surface area contributed by atoms with Gasteiger partial charge in [0.15, 0.2) is 34.7 Å². The third-order valence-corrected chi connectivity index (χ3v) is 7.22. The molecular weight excluding hydrogens is 531 g/mol. The monoisotopic (exact) mass is 558 g/mol. The first-order valence-electron chi connectivity index (χ1n) is 12.9. The van der Waals surface area contributed by atoms with Crippen LogP contribution in [-0.4, -0.2) is 32.6 Å². The third-order valence-electron chi connectivity index (χ3n) is 7.22. The Morgan fingerprint density at radius 2 is 1.75 bits per heavy atom. The molecule has 1 fully saturated rings. The number of nitrogens with zero attached hydrogens (tertiary/aromatic N) is 5. The number of hydrogen-bond donors (Lipinski definition) is 1. The molecule has 0 radical (unpaired) electrons. The first-order chi connectivity index (χ1) is 18.9. The normalized spacial score (nSPS) is 15.8. The highest BCUT2D eigenvalue weighted by atomic mass is 19.2. The summed E-state index contributed by atoms with van der Waals surface area (Å²) in [7, 11) is 0. The summed E-state index contributed by atoms with van der Waals surface area (Å²) in [5.74, 6) is -8.97. The zero-order chi connectivity index (χ0) is 29.0. The van der Waals surface area contributed by atoms with Crippen molar-refractivity contribution in [3.8, 4) is 16.9 Å². The first-order valence-corrected chi connectivity index (χ1v) is 12.9. The molecule has 40 heavy (non-hydrogen) atoms. The highest BCUT2D eigenvalue weighted by Crippen LogP contribution is 2.38. The van der Waals surface area contributed by atoms with E-state index in [1.54, 1.807) is 19.2 Å². The fourth-order valence-electron chi connectivity index (χ4n) is 5.27.